The molecular formula is C17H13FN2O4. The fourth-order valence-corrected chi connectivity index (χ4v) is 2.05. The van der Waals surface area contributed by atoms with Gasteiger partial charge in [-0.25, -0.2) is 14.2 Å². The Hall–Kier alpha value is -3.22. The summed E-state index contributed by atoms with van der Waals surface area (Å²) in [5.74, 6) is -1.42. The molecule has 0 saturated heterocycles. The van der Waals surface area contributed by atoms with Gasteiger partial charge in [-0.05, 0) is 35.9 Å². The van der Waals surface area contributed by atoms with Crippen LogP contribution in [-0.2, 0) is 16.1 Å². The zero-order valence-electron chi connectivity index (χ0n) is 12.5. The van der Waals surface area contributed by atoms with Crippen LogP contribution in [0.25, 0.3) is 11.1 Å². The minimum atomic E-state index is -0.628. The number of rotatable bonds is 5. The highest BCUT2D eigenvalue weighted by atomic mass is 19.1. The van der Waals surface area contributed by atoms with Crippen molar-refractivity contribution in [2.45, 2.75) is 6.54 Å². The summed E-state index contributed by atoms with van der Waals surface area (Å²) in [6.45, 7) is -0.182. The molecule has 24 heavy (non-hydrogen) atoms. The van der Waals surface area contributed by atoms with Gasteiger partial charge in [0.15, 0.2) is 18.6 Å². The highest BCUT2D eigenvalue weighted by Gasteiger charge is 2.12. The van der Waals surface area contributed by atoms with Crippen molar-refractivity contribution in [2.24, 2.45) is 0 Å². The van der Waals surface area contributed by atoms with Crippen LogP contribution in [0.4, 0.5) is 4.39 Å². The molecule has 122 valence electrons. The number of amides is 1. The van der Waals surface area contributed by atoms with Crippen LogP contribution in [0, 0.1) is 5.82 Å². The second-order valence-electron chi connectivity index (χ2n) is 5.01. The summed E-state index contributed by atoms with van der Waals surface area (Å²) in [6, 6.07) is 10.4. The molecule has 0 fully saturated rings. The third-order valence-electron chi connectivity index (χ3n) is 3.30. The van der Waals surface area contributed by atoms with E-state index in [9.17, 15) is 14.0 Å². The van der Waals surface area contributed by atoms with Crippen molar-refractivity contribution in [1.29, 1.82) is 0 Å². The zero-order chi connectivity index (χ0) is 16.9. The molecule has 0 aliphatic carbocycles. The number of hydrogen-bond donors (Lipinski definition) is 1. The van der Waals surface area contributed by atoms with Crippen LogP contribution in [0.2, 0.25) is 0 Å². The highest BCUT2D eigenvalue weighted by molar-refractivity contribution is 5.94. The summed E-state index contributed by atoms with van der Waals surface area (Å²) in [4.78, 5) is 27.6. The van der Waals surface area contributed by atoms with E-state index < -0.39 is 18.5 Å². The first kappa shape index (κ1) is 15.7. The molecule has 6 nitrogen and oxygen atoms in total. The number of esters is 1. The number of halogens is 1. The minimum Gasteiger partial charge on any atom is -0.452 e. The van der Waals surface area contributed by atoms with Gasteiger partial charge in [0.05, 0.1) is 5.56 Å². The summed E-state index contributed by atoms with van der Waals surface area (Å²) < 4.78 is 22.8. The molecule has 0 saturated carbocycles. The Kier molecular flexibility index (Phi) is 4.51. The Morgan fingerprint density at radius 3 is 2.75 bits per heavy atom. The molecule has 3 aromatic rings. The van der Waals surface area contributed by atoms with Crippen molar-refractivity contribution in [3.63, 3.8) is 0 Å². The monoisotopic (exact) mass is 328 g/mol. The molecule has 1 amide bonds. The highest BCUT2D eigenvalue weighted by Crippen LogP contribution is 2.14. The lowest BCUT2D eigenvalue weighted by Gasteiger charge is -2.07. The molecule has 3 rings (SSSR count). The normalized spacial score (nSPS) is 10.5. The van der Waals surface area contributed by atoms with Crippen LogP contribution in [0.1, 0.15) is 15.9 Å². The van der Waals surface area contributed by atoms with Gasteiger partial charge in [0.2, 0.25) is 0 Å². The second kappa shape index (κ2) is 6.91. The Morgan fingerprint density at radius 1 is 1.17 bits per heavy atom. The van der Waals surface area contributed by atoms with E-state index in [4.69, 9.17) is 9.15 Å². The largest absolute Gasteiger partial charge is 0.452 e. The maximum Gasteiger partial charge on any atom is 0.338 e. The Morgan fingerprint density at radius 2 is 1.96 bits per heavy atom. The van der Waals surface area contributed by atoms with Gasteiger partial charge in [-0.15, -0.1) is 0 Å². The van der Waals surface area contributed by atoms with E-state index in [2.05, 4.69) is 10.3 Å². The van der Waals surface area contributed by atoms with Crippen molar-refractivity contribution < 1.29 is 23.1 Å². The smallest absolute Gasteiger partial charge is 0.338 e. The van der Waals surface area contributed by atoms with Crippen molar-refractivity contribution in [3.8, 4) is 0 Å². The standard InChI is InChI=1S/C17H13FN2O4/c18-13-4-1-11(2-5-13)8-19-16(21)9-23-17(22)12-3-6-15-14(7-12)20-10-24-15/h1-7,10H,8-9H2,(H,19,21). The lowest BCUT2D eigenvalue weighted by atomic mass is 10.2. The Bertz CT molecular complexity index is 874. The van der Waals surface area contributed by atoms with Gasteiger partial charge in [-0.3, -0.25) is 4.79 Å². The van der Waals surface area contributed by atoms with E-state index in [1.54, 1.807) is 18.2 Å². The fraction of sp³-hybridized carbons (Fsp3) is 0.118. The number of aromatic nitrogens is 1. The summed E-state index contributed by atoms with van der Waals surface area (Å²) in [6.07, 6.45) is 1.28. The predicted octanol–water partition coefficient (Wildman–Crippen LogP) is 2.44. The topological polar surface area (TPSA) is 81.4 Å². The van der Waals surface area contributed by atoms with Gasteiger partial charge in [0, 0.05) is 6.54 Å². The lowest BCUT2D eigenvalue weighted by molar-refractivity contribution is -0.124. The van der Waals surface area contributed by atoms with Gasteiger partial charge < -0.3 is 14.5 Å². The zero-order valence-corrected chi connectivity index (χ0v) is 12.5. The van der Waals surface area contributed by atoms with Gasteiger partial charge in [-0.2, -0.15) is 0 Å². The maximum atomic E-state index is 12.8. The molecule has 0 radical (unpaired) electrons. The number of oxazole rings is 1. The SMILES string of the molecule is O=C(COC(=O)c1ccc2ocnc2c1)NCc1ccc(F)cc1. The molecule has 7 heteroatoms. The van der Waals surface area contributed by atoms with E-state index in [1.165, 1.54) is 30.7 Å². The molecule has 0 aliphatic heterocycles. The molecule has 0 bridgehead atoms. The van der Waals surface area contributed by atoms with Crippen LogP contribution in [0.3, 0.4) is 0 Å². The molecule has 1 heterocycles. The van der Waals surface area contributed by atoms with Crippen LogP contribution >= 0.6 is 0 Å². The van der Waals surface area contributed by atoms with E-state index in [0.717, 1.165) is 5.56 Å². The van der Waals surface area contributed by atoms with Crippen LogP contribution < -0.4 is 5.32 Å². The summed E-state index contributed by atoms with van der Waals surface area (Å²) in [5.41, 5.74) is 2.11. The van der Waals surface area contributed by atoms with Gasteiger partial charge in [0.25, 0.3) is 5.91 Å². The van der Waals surface area contributed by atoms with E-state index in [-0.39, 0.29) is 17.9 Å². The Balaban J connectivity index is 1.49. The average molecular weight is 328 g/mol. The van der Waals surface area contributed by atoms with E-state index in [1.807, 2.05) is 0 Å². The molecule has 1 N–H and O–H groups in total. The number of nitrogens with one attached hydrogen (secondary N) is 1. The van der Waals surface area contributed by atoms with Gasteiger partial charge >= 0.3 is 5.97 Å². The van der Waals surface area contributed by atoms with Crippen molar-refractivity contribution in [1.82, 2.24) is 10.3 Å². The molecular weight excluding hydrogens is 315 g/mol. The minimum absolute atomic E-state index is 0.224. The molecule has 0 spiro atoms. The van der Waals surface area contributed by atoms with E-state index in [0.29, 0.717) is 11.1 Å². The molecule has 0 aliphatic rings. The first-order chi connectivity index (χ1) is 11.6. The number of nitrogens with zero attached hydrogens (tertiary/aromatic N) is 1. The third kappa shape index (κ3) is 3.75. The van der Waals surface area contributed by atoms with Crippen molar-refractivity contribution in [3.05, 3.63) is 65.8 Å². The first-order valence-corrected chi connectivity index (χ1v) is 7.13. The predicted molar refractivity (Wildman–Crippen MR) is 82.5 cm³/mol. The number of carbonyl (C=O) groups is 2. The lowest BCUT2D eigenvalue weighted by Crippen LogP contribution is -2.28. The number of fused-ring (bicyclic) bond motifs is 1. The van der Waals surface area contributed by atoms with Crippen molar-refractivity contribution in [2.75, 3.05) is 6.61 Å². The Labute approximate surface area is 136 Å². The summed E-state index contributed by atoms with van der Waals surface area (Å²) in [7, 11) is 0. The van der Waals surface area contributed by atoms with Crippen LogP contribution in [-0.4, -0.2) is 23.5 Å². The quantitative estimate of drug-likeness (QED) is 0.728. The first-order valence-electron chi connectivity index (χ1n) is 7.13. The van der Waals surface area contributed by atoms with Crippen molar-refractivity contribution >= 4 is 23.0 Å². The molecule has 1 aromatic heterocycles. The fourth-order valence-electron chi connectivity index (χ4n) is 2.05. The van der Waals surface area contributed by atoms with Gasteiger partial charge in [0.1, 0.15) is 11.3 Å². The van der Waals surface area contributed by atoms with Crippen LogP contribution in [0.5, 0.6) is 0 Å². The summed E-state index contributed by atoms with van der Waals surface area (Å²) in [5, 5.41) is 2.58. The number of carbonyl (C=O) groups excluding carboxylic acids is 2. The average Bonchev–Trinajstić information content (AvgIpc) is 3.06. The molecule has 0 atom stereocenters. The third-order valence-corrected chi connectivity index (χ3v) is 3.30. The second-order valence-corrected chi connectivity index (χ2v) is 5.01. The maximum absolute atomic E-state index is 12.8. The summed E-state index contributed by atoms with van der Waals surface area (Å²) >= 11 is 0. The molecule has 2 aromatic carbocycles. The number of benzene rings is 2. The van der Waals surface area contributed by atoms with Crippen LogP contribution in [0.15, 0.2) is 53.3 Å². The van der Waals surface area contributed by atoms with Gasteiger partial charge in [-0.1, -0.05) is 12.1 Å². The van der Waals surface area contributed by atoms with E-state index >= 15 is 0 Å². The number of hydrogen-bond acceptors (Lipinski definition) is 5. The molecule has 0 unspecified atom stereocenters. The number of ether oxygens (including phenoxy) is 1.